The van der Waals surface area contributed by atoms with Crippen molar-refractivity contribution in [2.45, 2.75) is 0 Å². The molecule has 2 heterocycles. The Labute approximate surface area is 141 Å². The highest BCUT2D eigenvalue weighted by molar-refractivity contribution is 6.42. The molecule has 0 bridgehead atoms. The van der Waals surface area contributed by atoms with Crippen LogP contribution < -0.4 is 10.6 Å². The van der Waals surface area contributed by atoms with Crippen molar-refractivity contribution in [3.63, 3.8) is 0 Å². The van der Waals surface area contributed by atoms with Gasteiger partial charge in [0.05, 0.1) is 16.3 Å². The first kappa shape index (κ1) is 15.3. The summed E-state index contributed by atoms with van der Waals surface area (Å²) in [5.41, 5.74) is 0.723. The second-order valence-electron chi connectivity index (χ2n) is 4.49. The fraction of sp³-hybridized carbons (Fsp3) is 0. The van der Waals surface area contributed by atoms with Crippen LogP contribution in [0.15, 0.2) is 53.1 Å². The fourth-order valence-corrected chi connectivity index (χ4v) is 2.07. The van der Waals surface area contributed by atoms with E-state index < -0.39 is 5.91 Å². The minimum atomic E-state index is -0.394. The number of furan rings is 1. The molecule has 8 heteroatoms. The minimum absolute atomic E-state index is 0.199. The molecule has 0 fully saturated rings. The summed E-state index contributed by atoms with van der Waals surface area (Å²) in [4.78, 5) is 11.8. The van der Waals surface area contributed by atoms with Crippen molar-refractivity contribution in [3.8, 4) is 0 Å². The third kappa shape index (κ3) is 3.80. The lowest BCUT2D eigenvalue weighted by atomic mass is 10.3. The van der Waals surface area contributed by atoms with E-state index in [0.29, 0.717) is 21.7 Å². The summed E-state index contributed by atoms with van der Waals surface area (Å²) in [7, 11) is 0. The second kappa shape index (κ2) is 6.68. The predicted molar refractivity (Wildman–Crippen MR) is 88.4 cm³/mol. The Balaban J connectivity index is 1.67. The zero-order valence-electron chi connectivity index (χ0n) is 11.6. The van der Waals surface area contributed by atoms with Crippen LogP contribution in [0.25, 0.3) is 0 Å². The van der Waals surface area contributed by atoms with E-state index >= 15 is 0 Å². The van der Waals surface area contributed by atoms with E-state index in [0.717, 1.165) is 5.69 Å². The van der Waals surface area contributed by atoms with Gasteiger partial charge in [0.1, 0.15) is 0 Å². The van der Waals surface area contributed by atoms with E-state index in [1.165, 1.54) is 6.26 Å². The van der Waals surface area contributed by atoms with Crippen molar-refractivity contribution in [2.75, 3.05) is 10.6 Å². The molecule has 0 atom stereocenters. The molecular weight excluding hydrogens is 339 g/mol. The van der Waals surface area contributed by atoms with E-state index in [2.05, 4.69) is 20.8 Å². The Kier molecular flexibility index (Phi) is 4.45. The monoisotopic (exact) mass is 348 g/mol. The number of nitrogens with one attached hydrogen (secondary N) is 2. The van der Waals surface area contributed by atoms with Crippen LogP contribution >= 0.6 is 23.2 Å². The van der Waals surface area contributed by atoms with Crippen LogP contribution in [0.4, 0.5) is 17.3 Å². The lowest BCUT2D eigenvalue weighted by Crippen LogP contribution is -2.12. The first-order valence-electron chi connectivity index (χ1n) is 6.52. The highest BCUT2D eigenvalue weighted by Crippen LogP contribution is 2.26. The number of aromatic nitrogens is 2. The molecule has 6 nitrogen and oxygen atoms in total. The SMILES string of the molecule is O=C(Nc1ccc(Nc2ccc(Cl)c(Cl)c2)nn1)c1ccco1. The molecule has 3 aromatic rings. The second-order valence-corrected chi connectivity index (χ2v) is 5.30. The van der Waals surface area contributed by atoms with Crippen molar-refractivity contribution in [3.05, 3.63) is 64.5 Å². The predicted octanol–water partition coefficient (Wildman–Crippen LogP) is 4.37. The average molecular weight is 349 g/mol. The van der Waals surface area contributed by atoms with Crippen molar-refractivity contribution >= 4 is 46.4 Å². The molecule has 0 aliphatic rings. The minimum Gasteiger partial charge on any atom is -0.459 e. The lowest BCUT2D eigenvalue weighted by Gasteiger charge is -2.07. The maximum Gasteiger partial charge on any atom is 0.292 e. The van der Waals surface area contributed by atoms with Crippen LogP contribution in [0.1, 0.15) is 10.6 Å². The lowest BCUT2D eigenvalue weighted by molar-refractivity contribution is 0.0996. The zero-order chi connectivity index (χ0) is 16.2. The van der Waals surface area contributed by atoms with Crippen LogP contribution in [-0.4, -0.2) is 16.1 Å². The third-order valence-corrected chi connectivity index (χ3v) is 3.58. The van der Waals surface area contributed by atoms with Crippen LogP contribution in [0, 0.1) is 0 Å². The number of hydrogen-bond acceptors (Lipinski definition) is 5. The van der Waals surface area contributed by atoms with Gasteiger partial charge in [-0.2, -0.15) is 0 Å². The van der Waals surface area contributed by atoms with Gasteiger partial charge in [-0.25, -0.2) is 0 Å². The van der Waals surface area contributed by atoms with E-state index in [9.17, 15) is 4.79 Å². The summed E-state index contributed by atoms with van der Waals surface area (Å²) >= 11 is 11.8. The normalized spacial score (nSPS) is 10.3. The fourth-order valence-electron chi connectivity index (χ4n) is 1.77. The van der Waals surface area contributed by atoms with Gasteiger partial charge in [-0.05, 0) is 42.5 Å². The molecule has 2 N–H and O–H groups in total. The maximum atomic E-state index is 11.8. The molecular formula is C15H10Cl2N4O2. The Hall–Kier alpha value is -2.57. The standard InChI is InChI=1S/C15H10Cl2N4O2/c16-10-4-3-9(8-11(10)17)18-13-5-6-14(21-20-13)19-15(22)12-2-1-7-23-12/h1-8H,(H,18,20)(H,19,21,22). The quantitative estimate of drug-likeness (QED) is 0.731. The Morgan fingerprint density at radius 1 is 1.00 bits per heavy atom. The molecule has 0 saturated carbocycles. The van der Waals surface area contributed by atoms with Gasteiger partial charge in [0, 0.05) is 5.69 Å². The molecule has 0 radical (unpaired) electrons. The third-order valence-electron chi connectivity index (χ3n) is 2.84. The molecule has 2 aromatic heterocycles. The number of halogens is 2. The van der Waals surface area contributed by atoms with Crippen LogP contribution in [-0.2, 0) is 0 Å². The highest BCUT2D eigenvalue weighted by Gasteiger charge is 2.09. The molecule has 0 aliphatic heterocycles. The summed E-state index contributed by atoms with van der Waals surface area (Å²) in [5.74, 6) is 0.616. The highest BCUT2D eigenvalue weighted by atomic mass is 35.5. The molecule has 116 valence electrons. The van der Waals surface area contributed by atoms with Crippen LogP contribution in [0.5, 0.6) is 0 Å². The maximum absolute atomic E-state index is 11.8. The summed E-state index contributed by atoms with van der Waals surface area (Å²) in [6, 6.07) is 11.6. The van der Waals surface area contributed by atoms with E-state index in [1.807, 2.05) is 0 Å². The Morgan fingerprint density at radius 3 is 2.43 bits per heavy atom. The molecule has 23 heavy (non-hydrogen) atoms. The van der Waals surface area contributed by atoms with Gasteiger partial charge >= 0.3 is 0 Å². The molecule has 1 amide bonds. The van der Waals surface area contributed by atoms with Crippen molar-refractivity contribution in [1.29, 1.82) is 0 Å². The Bertz CT molecular complexity index is 820. The summed E-state index contributed by atoms with van der Waals surface area (Å²) in [5, 5.41) is 14.4. The Morgan fingerprint density at radius 2 is 1.78 bits per heavy atom. The van der Waals surface area contributed by atoms with Gasteiger partial charge < -0.3 is 15.1 Å². The van der Waals surface area contributed by atoms with E-state index in [1.54, 1.807) is 42.5 Å². The van der Waals surface area contributed by atoms with Gasteiger partial charge in [0.15, 0.2) is 17.4 Å². The number of hydrogen-bond donors (Lipinski definition) is 2. The van der Waals surface area contributed by atoms with Crippen molar-refractivity contribution in [1.82, 2.24) is 10.2 Å². The van der Waals surface area contributed by atoms with Crippen LogP contribution in [0.3, 0.4) is 0 Å². The molecule has 1 aromatic carbocycles. The molecule has 0 unspecified atom stereocenters. The zero-order valence-corrected chi connectivity index (χ0v) is 13.1. The first-order chi connectivity index (χ1) is 11.1. The number of carbonyl (C=O) groups is 1. The molecule has 0 aliphatic carbocycles. The summed E-state index contributed by atoms with van der Waals surface area (Å²) < 4.78 is 5.00. The number of amides is 1. The van der Waals surface area contributed by atoms with E-state index in [-0.39, 0.29) is 5.76 Å². The largest absolute Gasteiger partial charge is 0.459 e. The smallest absolute Gasteiger partial charge is 0.292 e. The summed E-state index contributed by atoms with van der Waals surface area (Å²) in [6.07, 6.45) is 1.42. The van der Waals surface area contributed by atoms with Crippen LogP contribution in [0.2, 0.25) is 10.0 Å². The first-order valence-corrected chi connectivity index (χ1v) is 7.28. The van der Waals surface area contributed by atoms with Crippen molar-refractivity contribution < 1.29 is 9.21 Å². The molecule has 0 saturated heterocycles. The van der Waals surface area contributed by atoms with Gasteiger partial charge in [-0.15, -0.1) is 10.2 Å². The van der Waals surface area contributed by atoms with Gasteiger partial charge in [-0.3, -0.25) is 4.79 Å². The van der Waals surface area contributed by atoms with E-state index in [4.69, 9.17) is 27.6 Å². The number of carbonyl (C=O) groups excluding carboxylic acids is 1. The summed E-state index contributed by atoms with van der Waals surface area (Å²) in [6.45, 7) is 0. The molecule has 0 spiro atoms. The number of rotatable bonds is 4. The number of nitrogens with zero attached hydrogens (tertiary/aromatic N) is 2. The van der Waals surface area contributed by atoms with Gasteiger partial charge in [-0.1, -0.05) is 23.2 Å². The number of benzene rings is 1. The molecule has 3 rings (SSSR count). The van der Waals surface area contributed by atoms with Gasteiger partial charge in [0.2, 0.25) is 0 Å². The topological polar surface area (TPSA) is 80.0 Å². The van der Waals surface area contributed by atoms with Crippen molar-refractivity contribution in [2.24, 2.45) is 0 Å². The average Bonchev–Trinajstić information content (AvgIpc) is 3.07. The number of anilines is 3. The van der Waals surface area contributed by atoms with Gasteiger partial charge in [0.25, 0.3) is 5.91 Å².